The van der Waals surface area contributed by atoms with Gasteiger partial charge in [-0.2, -0.15) is 4.52 Å². The fourth-order valence-electron chi connectivity index (χ4n) is 2.50. The van der Waals surface area contributed by atoms with E-state index < -0.39 is 0 Å². The van der Waals surface area contributed by atoms with Crippen molar-refractivity contribution in [2.24, 2.45) is 0 Å². The molecule has 2 heterocycles. The van der Waals surface area contributed by atoms with Crippen molar-refractivity contribution in [2.45, 2.75) is 11.7 Å². The Morgan fingerprint density at radius 1 is 1.15 bits per heavy atom. The molecule has 1 amide bonds. The number of nitrogens with zero attached hydrogens (tertiary/aromatic N) is 5. The average Bonchev–Trinajstić information content (AvgIpc) is 3.16. The van der Waals surface area contributed by atoms with Crippen molar-refractivity contribution in [3.05, 3.63) is 59.9 Å². The van der Waals surface area contributed by atoms with Gasteiger partial charge in [0, 0.05) is 17.5 Å². The van der Waals surface area contributed by atoms with Crippen LogP contribution in [0.4, 0.5) is 4.39 Å². The van der Waals surface area contributed by atoms with E-state index in [0.717, 1.165) is 10.9 Å². The molecule has 9 heteroatoms. The first-order valence-corrected chi connectivity index (χ1v) is 8.80. The molecule has 0 spiro atoms. The van der Waals surface area contributed by atoms with Gasteiger partial charge in [0.15, 0.2) is 10.8 Å². The van der Waals surface area contributed by atoms with E-state index in [-0.39, 0.29) is 24.0 Å². The maximum atomic E-state index is 13.6. The summed E-state index contributed by atoms with van der Waals surface area (Å²) in [6, 6.07) is 13.9. The third kappa shape index (κ3) is 3.21. The van der Waals surface area contributed by atoms with Crippen molar-refractivity contribution in [2.75, 3.05) is 5.75 Å². The third-order valence-corrected chi connectivity index (χ3v) is 4.71. The van der Waals surface area contributed by atoms with Crippen LogP contribution in [0.2, 0.25) is 0 Å². The molecule has 7 nitrogen and oxygen atoms in total. The second-order valence-corrected chi connectivity index (χ2v) is 6.43. The minimum atomic E-state index is -0.341. The van der Waals surface area contributed by atoms with Gasteiger partial charge in [0.25, 0.3) is 0 Å². The lowest BCUT2D eigenvalue weighted by atomic mass is 10.2. The first kappa shape index (κ1) is 16.4. The average molecular weight is 368 g/mol. The van der Waals surface area contributed by atoms with E-state index in [4.69, 9.17) is 0 Å². The fourth-order valence-corrected chi connectivity index (χ4v) is 3.28. The molecule has 130 valence electrons. The summed E-state index contributed by atoms with van der Waals surface area (Å²) in [5.74, 6) is -0.448. The number of amides is 1. The zero-order chi connectivity index (χ0) is 17.9. The van der Waals surface area contributed by atoms with Crippen LogP contribution in [0.15, 0.2) is 53.7 Å². The Balaban J connectivity index is 1.48. The largest absolute Gasteiger partial charge is 0.351 e. The van der Waals surface area contributed by atoms with Gasteiger partial charge < -0.3 is 5.32 Å². The monoisotopic (exact) mass is 368 g/mol. The zero-order valence-electron chi connectivity index (χ0n) is 13.5. The highest BCUT2D eigenvalue weighted by Gasteiger charge is 2.13. The van der Waals surface area contributed by atoms with Crippen molar-refractivity contribution in [1.29, 1.82) is 0 Å². The summed E-state index contributed by atoms with van der Waals surface area (Å²) in [5, 5.41) is 15.7. The van der Waals surface area contributed by atoms with Crippen molar-refractivity contribution < 1.29 is 9.18 Å². The first-order valence-electron chi connectivity index (χ1n) is 7.82. The van der Waals surface area contributed by atoms with Crippen LogP contribution < -0.4 is 5.32 Å². The molecule has 1 N–H and O–H groups in total. The molecule has 2 aromatic carbocycles. The molecular formula is C17H13FN6OS. The standard InChI is InChI=1S/C17H13FN6OS/c18-13-7-3-1-5-11(13)9-19-15(25)10-26-17-20-14-8-4-2-6-12(14)16-21-22-23-24(16)17/h1-8H,9-10H2,(H,19,25). The summed E-state index contributed by atoms with van der Waals surface area (Å²) in [7, 11) is 0. The Bertz CT molecular complexity index is 1100. The summed E-state index contributed by atoms with van der Waals surface area (Å²) < 4.78 is 15.1. The van der Waals surface area contributed by atoms with Crippen LogP contribution in [-0.4, -0.2) is 36.7 Å². The first-order chi connectivity index (χ1) is 12.7. The van der Waals surface area contributed by atoms with Gasteiger partial charge in [-0.05, 0) is 28.6 Å². The molecule has 0 bridgehead atoms. The van der Waals surface area contributed by atoms with Gasteiger partial charge in [0.2, 0.25) is 5.91 Å². The van der Waals surface area contributed by atoms with E-state index in [1.807, 2.05) is 24.3 Å². The molecule has 0 atom stereocenters. The number of thioether (sulfide) groups is 1. The highest BCUT2D eigenvalue weighted by molar-refractivity contribution is 7.99. The molecular weight excluding hydrogens is 355 g/mol. The minimum Gasteiger partial charge on any atom is -0.351 e. The molecule has 0 saturated carbocycles. The number of carbonyl (C=O) groups is 1. The summed E-state index contributed by atoms with van der Waals surface area (Å²) >= 11 is 1.22. The van der Waals surface area contributed by atoms with Gasteiger partial charge in [-0.15, -0.1) is 5.10 Å². The summed E-state index contributed by atoms with van der Waals surface area (Å²) in [6.07, 6.45) is 0. The highest BCUT2D eigenvalue weighted by atomic mass is 32.2. The van der Waals surface area contributed by atoms with Crippen molar-refractivity contribution >= 4 is 34.2 Å². The van der Waals surface area contributed by atoms with Crippen LogP contribution in [0.3, 0.4) is 0 Å². The second kappa shape index (κ2) is 7.04. The topological polar surface area (TPSA) is 85.1 Å². The molecule has 0 unspecified atom stereocenters. The highest BCUT2D eigenvalue weighted by Crippen LogP contribution is 2.22. The fraction of sp³-hybridized carbons (Fsp3) is 0.118. The molecule has 0 radical (unpaired) electrons. The molecule has 0 saturated heterocycles. The molecule has 4 rings (SSSR count). The number of hydrogen-bond acceptors (Lipinski definition) is 6. The zero-order valence-corrected chi connectivity index (χ0v) is 14.3. The van der Waals surface area contributed by atoms with Crippen molar-refractivity contribution in [3.63, 3.8) is 0 Å². The predicted molar refractivity (Wildman–Crippen MR) is 95.1 cm³/mol. The number of rotatable bonds is 5. The van der Waals surface area contributed by atoms with Crippen LogP contribution in [-0.2, 0) is 11.3 Å². The van der Waals surface area contributed by atoms with Crippen LogP contribution in [0.25, 0.3) is 16.6 Å². The number of carbonyl (C=O) groups excluding carboxylic acids is 1. The van der Waals surface area contributed by atoms with E-state index in [2.05, 4.69) is 25.8 Å². The number of tetrazole rings is 1. The van der Waals surface area contributed by atoms with E-state index in [1.165, 1.54) is 22.3 Å². The number of aromatic nitrogens is 5. The van der Waals surface area contributed by atoms with Gasteiger partial charge >= 0.3 is 0 Å². The van der Waals surface area contributed by atoms with Gasteiger partial charge in [0.05, 0.1) is 11.3 Å². The quantitative estimate of drug-likeness (QED) is 0.429. The Hall–Kier alpha value is -3.07. The Morgan fingerprint density at radius 3 is 2.85 bits per heavy atom. The van der Waals surface area contributed by atoms with Crippen LogP contribution in [0.1, 0.15) is 5.56 Å². The third-order valence-electron chi connectivity index (χ3n) is 3.78. The summed E-state index contributed by atoms with van der Waals surface area (Å²) in [4.78, 5) is 16.6. The molecule has 0 aliphatic heterocycles. The normalized spacial score (nSPS) is 11.1. The van der Waals surface area contributed by atoms with E-state index >= 15 is 0 Å². The lowest BCUT2D eigenvalue weighted by Gasteiger charge is -2.07. The number of para-hydroxylation sites is 1. The summed E-state index contributed by atoms with van der Waals surface area (Å²) in [6.45, 7) is 0.136. The minimum absolute atomic E-state index is 0.120. The maximum absolute atomic E-state index is 13.6. The SMILES string of the molecule is O=C(CSc1nc2ccccc2c2nnnn12)NCc1ccccc1F. The van der Waals surface area contributed by atoms with Gasteiger partial charge in [-0.3, -0.25) is 4.79 Å². The van der Waals surface area contributed by atoms with Crippen molar-refractivity contribution in [3.8, 4) is 0 Å². The number of hydrogen-bond donors (Lipinski definition) is 1. The molecule has 2 aromatic heterocycles. The molecule has 0 aliphatic rings. The van der Waals surface area contributed by atoms with Crippen LogP contribution in [0.5, 0.6) is 0 Å². The van der Waals surface area contributed by atoms with Crippen LogP contribution in [0, 0.1) is 5.82 Å². The smallest absolute Gasteiger partial charge is 0.230 e. The molecule has 0 aliphatic carbocycles. The number of halogens is 1. The van der Waals surface area contributed by atoms with E-state index in [9.17, 15) is 9.18 Å². The lowest BCUT2D eigenvalue weighted by Crippen LogP contribution is -2.25. The van der Waals surface area contributed by atoms with Gasteiger partial charge in [-0.25, -0.2) is 9.37 Å². The Labute approximate surface area is 151 Å². The maximum Gasteiger partial charge on any atom is 0.230 e. The van der Waals surface area contributed by atoms with E-state index in [0.29, 0.717) is 16.4 Å². The Kier molecular flexibility index (Phi) is 4.44. The number of benzene rings is 2. The summed E-state index contributed by atoms with van der Waals surface area (Å²) in [5.41, 5.74) is 1.78. The van der Waals surface area contributed by atoms with Gasteiger partial charge in [0.1, 0.15) is 5.82 Å². The number of nitrogens with one attached hydrogen (secondary N) is 1. The second-order valence-electron chi connectivity index (χ2n) is 5.48. The predicted octanol–water partition coefficient (Wildman–Crippen LogP) is 2.22. The van der Waals surface area contributed by atoms with E-state index in [1.54, 1.807) is 18.2 Å². The lowest BCUT2D eigenvalue weighted by molar-refractivity contribution is -0.118. The Morgan fingerprint density at radius 2 is 1.96 bits per heavy atom. The van der Waals surface area contributed by atoms with Crippen molar-refractivity contribution in [1.82, 2.24) is 30.3 Å². The molecule has 4 aromatic rings. The van der Waals surface area contributed by atoms with Crippen LogP contribution >= 0.6 is 11.8 Å². The molecule has 0 fully saturated rings. The van der Waals surface area contributed by atoms with Gasteiger partial charge in [-0.1, -0.05) is 42.1 Å². The molecule has 26 heavy (non-hydrogen) atoms. The number of fused-ring (bicyclic) bond motifs is 3.